The monoisotopic (exact) mass is 438 g/mol. The average Bonchev–Trinajstić information content (AvgIpc) is 2.78. The molecule has 2 aromatic carbocycles. The number of Topliss-reactive ketones (excluding diaryl/α,β-unsaturated/α-hetero) is 1. The SMILES string of the molecule is CCCCCCCC(=O)c1ccc(OC(=O)OC(C)C)c(C(=O)c2ccccc2C=O)c1. The lowest BCUT2D eigenvalue weighted by molar-refractivity contribution is 0.0725. The maximum atomic E-state index is 13.3. The second-order valence-electron chi connectivity index (χ2n) is 7.85. The number of hydrogen-bond acceptors (Lipinski definition) is 6. The van der Waals surface area contributed by atoms with Crippen LogP contribution in [0.2, 0.25) is 0 Å². The minimum atomic E-state index is -0.951. The molecule has 0 atom stereocenters. The van der Waals surface area contributed by atoms with E-state index in [1.807, 2.05) is 0 Å². The van der Waals surface area contributed by atoms with Gasteiger partial charge in [-0.05, 0) is 38.5 Å². The third kappa shape index (κ3) is 7.15. The third-order valence-corrected chi connectivity index (χ3v) is 4.91. The van der Waals surface area contributed by atoms with Crippen LogP contribution in [0.1, 0.15) is 95.9 Å². The Kier molecular flexibility index (Phi) is 9.79. The lowest BCUT2D eigenvalue weighted by Gasteiger charge is -2.13. The Bertz CT molecular complexity index is 961. The number of ether oxygens (including phenoxy) is 2. The molecule has 6 nitrogen and oxygen atoms in total. The fraction of sp³-hybridized carbons (Fsp3) is 0.385. The van der Waals surface area contributed by atoms with Crippen molar-refractivity contribution in [1.82, 2.24) is 0 Å². The molecular formula is C26H30O6. The van der Waals surface area contributed by atoms with E-state index in [1.54, 1.807) is 26.0 Å². The molecule has 0 saturated carbocycles. The second-order valence-corrected chi connectivity index (χ2v) is 7.85. The van der Waals surface area contributed by atoms with Gasteiger partial charge in [0.05, 0.1) is 11.7 Å². The lowest BCUT2D eigenvalue weighted by atomic mass is 9.95. The van der Waals surface area contributed by atoms with Crippen LogP contribution in [0.25, 0.3) is 0 Å². The molecule has 0 saturated heterocycles. The molecule has 0 heterocycles. The van der Waals surface area contributed by atoms with Crippen molar-refractivity contribution >= 4 is 24.0 Å². The number of hydrogen-bond donors (Lipinski definition) is 0. The molecule has 0 bridgehead atoms. The highest BCUT2D eigenvalue weighted by atomic mass is 16.7. The standard InChI is InChI=1S/C26H30O6/c1-4-5-6-7-8-13-23(28)19-14-15-24(32-26(30)31-18(2)3)22(16-19)25(29)21-12-10-9-11-20(21)17-27/h9-12,14-18H,4-8,13H2,1-3H3. The molecule has 32 heavy (non-hydrogen) atoms. The second kappa shape index (κ2) is 12.5. The molecule has 0 N–H and O–H groups in total. The number of rotatable bonds is 12. The summed E-state index contributed by atoms with van der Waals surface area (Å²) in [6.45, 7) is 5.49. The first-order chi connectivity index (χ1) is 15.4. The molecule has 6 heteroatoms. The van der Waals surface area contributed by atoms with Gasteiger partial charge in [-0.25, -0.2) is 4.79 Å². The summed E-state index contributed by atoms with van der Waals surface area (Å²) >= 11 is 0. The van der Waals surface area contributed by atoms with E-state index < -0.39 is 18.0 Å². The smallest absolute Gasteiger partial charge is 0.431 e. The van der Waals surface area contributed by atoms with Crippen molar-refractivity contribution in [2.75, 3.05) is 0 Å². The van der Waals surface area contributed by atoms with Crippen LogP contribution in [-0.4, -0.2) is 30.1 Å². The summed E-state index contributed by atoms with van der Waals surface area (Å²) in [5.41, 5.74) is 0.753. The highest BCUT2D eigenvalue weighted by molar-refractivity contribution is 6.15. The van der Waals surface area contributed by atoms with Crippen LogP contribution in [0.4, 0.5) is 4.79 Å². The van der Waals surface area contributed by atoms with Crippen molar-refractivity contribution in [2.45, 2.75) is 65.4 Å². The molecule has 0 unspecified atom stereocenters. The Balaban J connectivity index is 2.34. The molecular weight excluding hydrogens is 408 g/mol. The zero-order valence-corrected chi connectivity index (χ0v) is 18.9. The normalized spacial score (nSPS) is 10.6. The maximum absolute atomic E-state index is 13.3. The predicted molar refractivity (Wildman–Crippen MR) is 122 cm³/mol. The lowest BCUT2D eigenvalue weighted by Crippen LogP contribution is -2.18. The van der Waals surface area contributed by atoms with Gasteiger partial charge in [-0.1, -0.05) is 56.9 Å². The van der Waals surface area contributed by atoms with Gasteiger partial charge in [-0.2, -0.15) is 0 Å². The molecule has 2 aromatic rings. The molecule has 0 aliphatic carbocycles. The van der Waals surface area contributed by atoms with E-state index >= 15 is 0 Å². The quantitative estimate of drug-likeness (QED) is 0.129. The minimum Gasteiger partial charge on any atom is -0.431 e. The number of ketones is 2. The van der Waals surface area contributed by atoms with E-state index in [-0.39, 0.29) is 28.2 Å². The van der Waals surface area contributed by atoms with Crippen LogP contribution in [0, 0.1) is 0 Å². The number of aldehydes is 1. The Morgan fingerprint density at radius 2 is 1.66 bits per heavy atom. The summed E-state index contributed by atoms with van der Waals surface area (Å²) in [7, 11) is 0. The van der Waals surface area contributed by atoms with E-state index in [4.69, 9.17) is 9.47 Å². The number of unbranched alkanes of at least 4 members (excludes halogenated alkanes) is 4. The van der Waals surface area contributed by atoms with Gasteiger partial charge in [0.1, 0.15) is 5.75 Å². The fourth-order valence-corrected chi connectivity index (χ4v) is 3.26. The van der Waals surface area contributed by atoms with Gasteiger partial charge < -0.3 is 9.47 Å². The number of carbonyl (C=O) groups is 4. The first-order valence-corrected chi connectivity index (χ1v) is 11.0. The zero-order chi connectivity index (χ0) is 23.5. The van der Waals surface area contributed by atoms with E-state index in [2.05, 4.69) is 6.92 Å². The highest BCUT2D eigenvalue weighted by Gasteiger charge is 2.22. The van der Waals surface area contributed by atoms with Crippen LogP contribution >= 0.6 is 0 Å². The largest absolute Gasteiger partial charge is 0.514 e. The summed E-state index contributed by atoms with van der Waals surface area (Å²) in [5.74, 6) is -0.631. The van der Waals surface area contributed by atoms with Crippen molar-refractivity contribution in [2.24, 2.45) is 0 Å². The van der Waals surface area contributed by atoms with E-state index in [0.29, 0.717) is 18.3 Å². The Hall–Kier alpha value is -3.28. The van der Waals surface area contributed by atoms with Gasteiger partial charge in [0.25, 0.3) is 0 Å². The summed E-state index contributed by atoms with van der Waals surface area (Å²) in [6, 6.07) is 10.7. The highest BCUT2D eigenvalue weighted by Crippen LogP contribution is 2.26. The van der Waals surface area contributed by atoms with Crippen LogP contribution in [0.15, 0.2) is 42.5 Å². The van der Waals surface area contributed by atoms with Gasteiger partial charge in [0.15, 0.2) is 17.9 Å². The molecule has 0 radical (unpaired) electrons. The Labute approximate surface area is 188 Å². The van der Waals surface area contributed by atoms with Crippen molar-refractivity contribution in [1.29, 1.82) is 0 Å². The van der Waals surface area contributed by atoms with Crippen LogP contribution in [0.5, 0.6) is 5.75 Å². The van der Waals surface area contributed by atoms with Gasteiger partial charge in [-0.15, -0.1) is 0 Å². The van der Waals surface area contributed by atoms with Crippen molar-refractivity contribution < 1.29 is 28.7 Å². The fourth-order valence-electron chi connectivity index (χ4n) is 3.26. The predicted octanol–water partition coefficient (Wildman–Crippen LogP) is 6.20. The first-order valence-electron chi connectivity index (χ1n) is 11.0. The van der Waals surface area contributed by atoms with Crippen molar-refractivity contribution in [3.05, 3.63) is 64.7 Å². The van der Waals surface area contributed by atoms with Gasteiger partial charge in [-0.3, -0.25) is 14.4 Å². The number of benzene rings is 2. The molecule has 0 aliphatic rings. The molecule has 0 amide bonds. The Morgan fingerprint density at radius 3 is 2.34 bits per heavy atom. The zero-order valence-electron chi connectivity index (χ0n) is 18.9. The average molecular weight is 439 g/mol. The Morgan fingerprint density at radius 1 is 0.938 bits per heavy atom. The molecule has 0 fully saturated rings. The van der Waals surface area contributed by atoms with Crippen LogP contribution < -0.4 is 4.74 Å². The van der Waals surface area contributed by atoms with E-state index in [0.717, 1.165) is 32.1 Å². The molecule has 2 rings (SSSR count). The van der Waals surface area contributed by atoms with Gasteiger partial charge in [0, 0.05) is 23.1 Å². The summed E-state index contributed by atoms with van der Waals surface area (Å²) in [5, 5.41) is 0. The van der Waals surface area contributed by atoms with Crippen molar-refractivity contribution in [3.8, 4) is 5.75 Å². The first kappa shape index (κ1) is 25.0. The van der Waals surface area contributed by atoms with Crippen LogP contribution in [-0.2, 0) is 4.74 Å². The molecule has 0 aromatic heterocycles. The molecule has 0 spiro atoms. The third-order valence-electron chi connectivity index (χ3n) is 4.91. The molecule has 0 aliphatic heterocycles. The molecule has 170 valence electrons. The minimum absolute atomic E-state index is 0.0249. The van der Waals surface area contributed by atoms with E-state index in [9.17, 15) is 19.2 Å². The van der Waals surface area contributed by atoms with Gasteiger partial charge >= 0.3 is 6.16 Å². The van der Waals surface area contributed by atoms with Crippen LogP contribution in [0.3, 0.4) is 0 Å². The van der Waals surface area contributed by atoms with E-state index in [1.165, 1.54) is 30.3 Å². The summed E-state index contributed by atoms with van der Waals surface area (Å²) < 4.78 is 10.3. The summed E-state index contributed by atoms with van der Waals surface area (Å²) in [6.07, 6.45) is 4.71. The van der Waals surface area contributed by atoms with Crippen molar-refractivity contribution in [3.63, 3.8) is 0 Å². The van der Waals surface area contributed by atoms with Gasteiger partial charge in [0.2, 0.25) is 0 Å². The maximum Gasteiger partial charge on any atom is 0.514 e. The summed E-state index contributed by atoms with van der Waals surface area (Å²) in [4.78, 5) is 49.4. The number of carbonyl (C=O) groups excluding carboxylic acids is 4. The topological polar surface area (TPSA) is 86.7 Å².